The highest BCUT2D eigenvalue weighted by atomic mass is 32.1. The number of carbonyl (C=O) groups excluding carboxylic acids is 4. The van der Waals surface area contributed by atoms with Gasteiger partial charge in [-0.2, -0.15) is 5.10 Å². The number of benzene rings is 3. The van der Waals surface area contributed by atoms with Crippen molar-refractivity contribution in [2.24, 2.45) is 15.9 Å². The number of anilines is 1. The fraction of sp³-hybridized carbons (Fsp3) is 0.333. The van der Waals surface area contributed by atoms with E-state index in [4.69, 9.17) is 24.8 Å². The van der Waals surface area contributed by atoms with Crippen LogP contribution in [0.1, 0.15) is 62.1 Å². The van der Waals surface area contributed by atoms with Crippen LogP contribution in [-0.4, -0.2) is 121 Å². The van der Waals surface area contributed by atoms with Crippen molar-refractivity contribution in [2.75, 3.05) is 25.0 Å². The summed E-state index contributed by atoms with van der Waals surface area (Å²) in [4.78, 5) is 85.4. The highest BCUT2D eigenvalue weighted by Gasteiger charge is 2.42. The lowest BCUT2D eigenvalue weighted by Crippen LogP contribution is -2.70. The lowest BCUT2D eigenvalue weighted by Gasteiger charge is -2.36. The normalized spacial score (nSPS) is 17.1. The van der Waals surface area contributed by atoms with Gasteiger partial charge in [0.2, 0.25) is 5.91 Å². The summed E-state index contributed by atoms with van der Waals surface area (Å²) in [5.74, 6) is -1.68. The number of nitrogens with zero attached hydrogens (tertiary/aromatic N) is 7. The van der Waals surface area contributed by atoms with Crippen LogP contribution in [0, 0.1) is 0 Å². The van der Waals surface area contributed by atoms with E-state index in [1.165, 1.54) is 27.6 Å². The molecule has 3 atom stereocenters. The Hall–Kier alpha value is -7.88. The largest absolute Gasteiger partial charge is 0.489 e. The number of piperidine rings is 1. The Morgan fingerprint density at radius 1 is 0.985 bits per heavy atom. The molecule has 0 spiro atoms. The lowest BCUT2D eigenvalue weighted by atomic mass is 9.98. The number of esters is 1. The predicted octanol–water partition coefficient (Wildman–Crippen LogP) is 4.11. The van der Waals surface area contributed by atoms with E-state index in [2.05, 4.69) is 41.2 Å². The van der Waals surface area contributed by atoms with E-state index in [0.717, 1.165) is 11.3 Å². The van der Waals surface area contributed by atoms with Gasteiger partial charge in [0.15, 0.2) is 16.9 Å². The zero-order valence-corrected chi connectivity index (χ0v) is 37.5. The maximum absolute atomic E-state index is 14.3. The number of ether oxygens (including phenoxy) is 3. The number of thiazole rings is 1. The molecule has 350 valence electrons. The SMILES string of the molecule is CC(C)(C)OC(=O)Nc1nc(/C(=N/O[C@@H](COc2ccc(C(N)=NC3CCN(C(=O)O)CC3)cc2)C(=O)OC(c2ccccc2)c2ccccc2)C(=O)N[C@@H]2C(=O)N[C@@H]2Cn2cncn2)cs1. The van der Waals surface area contributed by atoms with E-state index in [-0.39, 0.29) is 29.2 Å². The molecule has 0 radical (unpaired) electrons. The van der Waals surface area contributed by atoms with E-state index in [1.54, 1.807) is 45.0 Å². The minimum absolute atomic E-state index is 0.0563. The molecule has 0 bridgehead atoms. The number of oxime groups is 1. The van der Waals surface area contributed by atoms with Crippen LogP contribution in [0.5, 0.6) is 5.75 Å². The Kier molecular flexibility index (Phi) is 15.0. The summed E-state index contributed by atoms with van der Waals surface area (Å²) in [7, 11) is 0. The molecule has 2 aliphatic heterocycles. The van der Waals surface area contributed by atoms with Gasteiger partial charge in [-0.25, -0.2) is 24.4 Å². The first-order valence-electron chi connectivity index (χ1n) is 21.2. The van der Waals surface area contributed by atoms with Gasteiger partial charge >= 0.3 is 18.2 Å². The van der Waals surface area contributed by atoms with Crippen molar-refractivity contribution in [3.8, 4) is 5.75 Å². The molecule has 2 saturated heterocycles. The van der Waals surface area contributed by atoms with Crippen molar-refractivity contribution < 1.29 is 48.1 Å². The molecule has 5 aromatic rings. The number of hydrogen-bond donors (Lipinski definition) is 5. The van der Waals surface area contributed by atoms with Gasteiger partial charge < -0.3 is 45.4 Å². The summed E-state index contributed by atoms with van der Waals surface area (Å²) in [6.45, 7) is 5.56. The van der Waals surface area contributed by atoms with Gasteiger partial charge in [0.25, 0.3) is 12.0 Å². The van der Waals surface area contributed by atoms with Crippen molar-refractivity contribution in [1.29, 1.82) is 0 Å². The molecule has 7 rings (SSSR count). The molecule has 0 aliphatic carbocycles. The second-order valence-electron chi connectivity index (χ2n) is 16.4. The molecular formula is C45H49N11O10S. The molecule has 0 unspecified atom stereocenters. The Bertz CT molecular complexity index is 2520. The number of aliphatic imine (C=N–C) groups is 1. The summed E-state index contributed by atoms with van der Waals surface area (Å²) in [5.41, 5.74) is 6.95. The Balaban J connectivity index is 1.15. The second kappa shape index (κ2) is 21.4. The number of amidine groups is 1. The summed E-state index contributed by atoms with van der Waals surface area (Å²) >= 11 is 0.963. The summed E-state index contributed by atoms with van der Waals surface area (Å²) < 4.78 is 19.1. The first-order valence-corrected chi connectivity index (χ1v) is 22.0. The predicted molar refractivity (Wildman–Crippen MR) is 243 cm³/mol. The number of nitrogens with one attached hydrogen (secondary N) is 3. The molecule has 22 heteroatoms. The van der Waals surface area contributed by atoms with Crippen LogP contribution in [0.2, 0.25) is 0 Å². The van der Waals surface area contributed by atoms with Crippen molar-refractivity contribution in [3.05, 3.63) is 125 Å². The van der Waals surface area contributed by atoms with Crippen LogP contribution < -0.4 is 26.4 Å². The smallest absolute Gasteiger partial charge is 0.413 e. The van der Waals surface area contributed by atoms with E-state index in [1.807, 2.05) is 60.7 Å². The molecule has 4 amide bonds. The Labute approximate surface area is 388 Å². The van der Waals surface area contributed by atoms with Gasteiger partial charge in [0.05, 0.1) is 18.6 Å². The molecule has 2 fully saturated rings. The maximum atomic E-state index is 14.3. The monoisotopic (exact) mass is 935 g/mol. The number of β-lactam (4-membered cyclic amide) rings is 1. The number of rotatable bonds is 17. The van der Waals surface area contributed by atoms with Crippen molar-refractivity contribution in [3.63, 3.8) is 0 Å². The zero-order chi connectivity index (χ0) is 47.5. The lowest BCUT2D eigenvalue weighted by molar-refractivity contribution is -0.163. The van der Waals surface area contributed by atoms with Crippen molar-refractivity contribution in [1.82, 2.24) is 35.3 Å². The number of carboxylic acid groups (broad SMARTS) is 1. The molecule has 0 saturated carbocycles. The fourth-order valence-electron chi connectivity index (χ4n) is 6.92. The maximum Gasteiger partial charge on any atom is 0.413 e. The number of amides is 4. The minimum Gasteiger partial charge on any atom is -0.489 e. The van der Waals surface area contributed by atoms with Crippen LogP contribution in [0.15, 0.2) is 113 Å². The molecule has 67 heavy (non-hydrogen) atoms. The number of hydrogen-bond acceptors (Lipinski definition) is 15. The first-order chi connectivity index (χ1) is 32.2. The average Bonchev–Trinajstić information content (AvgIpc) is 4.01. The number of carbonyl (C=O) groups is 5. The summed E-state index contributed by atoms with van der Waals surface area (Å²) in [6, 6.07) is 23.1. The van der Waals surface area contributed by atoms with E-state index >= 15 is 0 Å². The van der Waals surface area contributed by atoms with Crippen molar-refractivity contribution >= 4 is 58.0 Å². The zero-order valence-electron chi connectivity index (χ0n) is 36.7. The third kappa shape index (κ3) is 12.9. The van der Waals surface area contributed by atoms with Crippen LogP contribution >= 0.6 is 11.3 Å². The van der Waals surface area contributed by atoms with Crippen LogP contribution in [0.25, 0.3) is 0 Å². The van der Waals surface area contributed by atoms with E-state index in [0.29, 0.717) is 48.4 Å². The quantitative estimate of drug-likeness (QED) is 0.0289. The fourth-order valence-corrected chi connectivity index (χ4v) is 7.60. The number of aromatic nitrogens is 4. The number of likely N-dealkylation sites (tertiary alicyclic amines) is 1. The highest BCUT2D eigenvalue weighted by Crippen LogP contribution is 2.27. The average molecular weight is 936 g/mol. The first kappa shape index (κ1) is 47.1. The van der Waals surface area contributed by atoms with Crippen LogP contribution in [0.3, 0.4) is 0 Å². The van der Waals surface area contributed by atoms with Gasteiger partial charge in [-0.05, 0) is 69.0 Å². The highest BCUT2D eigenvalue weighted by molar-refractivity contribution is 7.14. The topological polar surface area (TPSA) is 276 Å². The van der Waals surface area contributed by atoms with Gasteiger partial charge in [-0.15, -0.1) is 11.3 Å². The van der Waals surface area contributed by atoms with Gasteiger partial charge in [0, 0.05) is 24.0 Å². The second-order valence-corrected chi connectivity index (χ2v) is 17.2. The Morgan fingerprint density at radius 3 is 2.25 bits per heavy atom. The summed E-state index contributed by atoms with van der Waals surface area (Å²) in [5, 5.41) is 27.0. The van der Waals surface area contributed by atoms with E-state index < -0.39 is 72.2 Å². The number of nitrogens with two attached hydrogens (primary N) is 1. The molecule has 6 N–H and O–H groups in total. The van der Waals surface area contributed by atoms with Gasteiger partial charge in [-0.1, -0.05) is 65.8 Å². The van der Waals surface area contributed by atoms with Gasteiger partial charge in [-0.3, -0.25) is 24.6 Å². The Morgan fingerprint density at radius 2 is 1.66 bits per heavy atom. The van der Waals surface area contributed by atoms with Crippen LogP contribution in [-0.2, 0) is 35.2 Å². The van der Waals surface area contributed by atoms with E-state index in [9.17, 15) is 29.1 Å². The molecule has 2 aliphatic rings. The van der Waals surface area contributed by atoms with Crippen molar-refractivity contribution in [2.45, 2.75) is 76.1 Å². The minimum atomic E-state index is -1.61. The summed E-state index contributed by atoms with van der Waals surface area (Å²) in [6.07, 6.45) is -0.353. The molecular weight excluding hydrogens is 887 g/mol. The molecule has 3 aromatic carbocycles. The van der Waals surface area contributed by atoms with Crippen LogP contribution in [0.4, 0.5) is 14.7 Å². The molecule has 2 aromatic heterocycles. The third-order valence-electron chi connectivity index (χ3n) is 10.3. The third-order valence-corrected chi connectivity index (χ3v) is 11.1. The van der Waals surface area contributed by atoms with Gasteiger partial charge in [0.1, 0.15) is 48.2 Å². The molecule has 21 nitrogen and oxygen atoms in total. The standard InChI is InChI=1S/C45H49N11O10S/c1-45(2,3)65-43(60)53-42-51-33(24-67-42)36(40(58)52-35-32(50-39(35)57)22-56-26-47-25-48-56)54-66-34(41(59)64-37(27-10-6-4-7-11-27)28-12-8-5-9-13-28)23-63-31-16-14-29(15-17-31)38(46)49-30-18-20-55(21-19-30)44(61)62/h4-17,24-26,30,32,34-35,37H,18-23H2,1-3H3,(H2,46,49)(H,50,57)(H,52,58)(H,61,62)(H,51,53,60)/b54-36-/t32-,34+,35+/m1/s1. The molecule has 4 heterocycles.